The minimum absolute atomic E-state index is 0. The fourth-order valence-electron chi connectivity index (χ4n) is 5.52. The summed E-state index contributed by atoms with van der Waals surface area (Å²) in [4.78, 5) is 36.3. The van der Waals surface area contributed by atoms with E-state index in [0.29, 0.717) is 10.8 Å². The molecule has 6 aromatic carbocycles. The van der Waals surface area contributed by atoms with E-state index in [-0.39, 0.29) is 115 Å². The van der Waals surface area contributed by atoms with E-state index in [1.54, 1.807) is 36.4 Å². The predicted octanol–water partition coefficient (Wildman–Crippen LogP) is 2.20. The average molecular weight is 839 g/mol. The second-order valence-corrected chi connectivity index (χ2v) is 14.7. The van der Waals surface area contributed by atoms with Gasteiger partial charge in [0.2, 0.25) is 11.8 Å². The molecule has 0 bridgehead atoms. The van der Waals surface area contributed by atoms with Gasteiger partial charge < -0.3 is 30.4 Å². The first-order valence-corrected chi connectivity index (χ1v) is 19.1. The number of fused-ring (bicyclic) bond motifs is 2. The summed E-state index contributed by atoms with van der Waals surface area (Å²) in [6, 6.07) is 25.9. The third-order valence-electron chi connectivity index (χ3n) is 7.87. The van der Waals surface area contributed by atoms with Crippen LogP contribution in [0.2, 0.25) is 0 Å². The average Bonchev–Trinajstić information content (AvgIpc) is 3.12. The van der Waals surface area contributed by atoms with Gasteiger partial charge in [0.1, 0.15) is 31.6 Å². The van der Waals surface area contributed by atoms with Crippen LogP contribution in [0.4, 0.5) is 50.3 Å². The molecule has 0 saturated heterocycles. The first-order valence-electron chi connectivity index (χ1n) is 16.3. The summed E-state index contributed by atoms with van der Waals surface area (Å²) < 4.78 is 70.6. The normalized spacial score (nSPS) is 11.5. The number of hydrogen-bond acceptors (Lipinski definition) is 13. The van der Waals surface area contributed by atoms with Crippen molar-refractivity contribution in [3.05, 3.63) is 109 Å². The molecule has 0 unspecified atom stereocenters. The standard InChI is InChI=1S/C37H30N8O9S2.2Na/c1-21(46)38-33-19-25(13-15-31(33)44-42-27-11-9-23-5-3-7-35(29(23)17-27)55(49,50)51)40-37(48)41-26-14-16-32(34(20-26)39-22(2)47)45-43-28-12-10-24-6-4-8-36(30(24)18-28)56(52,53)54;;/h3-20H,1-2H3,(H,38,46)(H,39,47)(H2,40,41,48)(H,49,50,51)(H,52,53,54);;/q;2*+1/p-2. The van der Waals surface area contributed by atoms with Crippen LogP contribution in [-0.2, 0) is 29.8 Å². The Hall–Kier alpha value is -4.93. The van der Waals surface area contributed by atoms with E-state index in [9.17, 15) is 40.3 Å². The van der Waals surface area contributed by atoms with Crippen molar-refractivity contribution in [2.45, 2.75) is 23.6 Å². The number of nitrogens with one attached hydrogen (secondary N) is 4. The number of rotatable bonds is 10. The maximum absolute atomic E-state index is 13.0. The third kappa shape index (κ3) is 11.6. The number of amides is 4. The van der Waals surface area contributed by atoms with Crippen LogP contribution in [0, 0.1) is 0 Å². The topological polar surface area (TPSA) is 263 Å². The second-order valence-electron chi connectivity index (χ2n) is 12.0. The monoisotopic (exact) mass is 838 g/mol. The second kappa shape index (κ2) is 19.2. The minimum atomic E-state index is -4.76. The number of anilines is 4. The first-order chi connectivity index (χ1) is 26.5. The van der Waals surface area contributed by atoms with Gasteiger partial charge in [0.15, 0.2) is 0 Å². The smallest absolute Gasteiger partial charge is 0.744 e. The number of nitrogens with zero attached hydrogens (tertiary/aromatic N) is 4. The largest absolute Gasteiger partial charge is 1.00 e. The van der Waals surface area contributed by atoms with Crippen LogP contribution in [0.25, 0.3) is 21.5 Å². The molecule has 0 atom stereocenters. The number of azo groups is 2. The fraction of sp³-hybridized carbons (Fsp3) is 0.0541. The Kier molecular flexibility index (Phi) is 15.2. The Labute approximate surface area is 375 Å². The van der Waals surface area contributed by atoms with Gasteiger partial charge in [-0.25, -0.2) is 21.6 Å². The SMILES string of the molecule is CC(=O)Nc1cc(NC(=O)Nc2ccc(N=Nc3ccc4cccc(S(=O)(=O)[O-])c4c3)c(NC(C)=O)c2)ccc1N=Nc1ccc2cccc(S(=O)(=O)[O-])c2c1.[Na+].[Na+]. The molecule has 6 rings (SSSR count). The molecule has 284 valence electrons. The summed E-state index contributed by atoms with van der Waals surface area (Å²) in [7, 11) is -9.51. The van der Waals surface area contributed by atoms with Gasteiger partial charge in [0.05, 0.1) is 32.5 Å². The number of benzene rings is 6. The van der Waals surface area contributed by atoms with Gasteiger partial charge >= 0.3 is 65.1 Å². The van der Waals surface area contributed by atoms with E-state index >= 15 is 0 Å². The van der Waals surface area contributed by atoms with Crippen LogP contribution in [-0.4, -0.2) is 43.8 Å². The molecule has 6 aromatic rings. The fourth-order valence-corrected chi connectivity index (χ4v) is 6.91. The van der Waals surface area contributed by atoms with Crippen LogP contribution in [0.3, 0.4) is 0 Å². The van der Waals surface area contributed by atoms with Gasteiger partial charge in [-0.15, -0.1) is 10.2 Å². The van der Waals surface area contributed by atoms with Crippen molar-refractivity contribution < 1.29 is 99.4 Å². The van der Waals surface area contributed by atoms with E-state index in [1.165, 1.54) is 86.6 Å². The minimum Gasteiger partial charge on any atom is -0.744 e. The van der Waals surface area contributed by atoms with E-state index in [4.69, 9.17) is 0 Å². The molecular weight excluding hydrogens is 811 g/mol. The molecule has 0 spiro atoms. The zero-order valence-electron chi connectivity index (χ0n) is 31.2. The van der Waals surface area contributed by atoms with Crippen molar-refractivity contribution in [3.8, 4) is 0 Å². The summed E-state index contributed by atoms with van der Waals surface area (Å²) >= 11 is 0. The van der Waals surface area contributed by atoms with Gasteiger partial charge in [-0.1, -0.05) is 36.4 Å². The van der Waals surface area contributed by atoms with Crippen LogP contribution in [0.1, 0.15) is 13.8 Å². The summed E-state index contributed by atoms with van der Waals surface area (Å²) in [6.45, 7) is 2.55. The Bertz CT molecular complexity index is 2680. The van der Waals surface area contributed by atoms with Crippen LogP contribution < -0.4 is 80.4 Å². The van der Waals surface area contributed by atoms with Crippen molar-refractivity contribution in [1.29, 1.82) is 0 Å². The molecular formula is C37H28N8Na2O9S2. The van der Waals surface area contributed by atoms with Crippen molar-refractivity contribution in [2.24, 2.45) is 20.5 Å². The number of urea groups is 1. The Morgan fingerprint density at radius 3 is 1.26 bits per heavy atom. The zero-order chi connectivity index (χ0) is 40.2. The summed E-state index contributed by atoms with van der Waals surface area (Å²) in [6.07, 6.45) is 0. The van der Waals surface area contributed by atoms with Crippen molar-refractivity contribution >= 4 is 105 Å². The van der Waals surface area contributed by atoms with E-state index in [2.05, 4.69) is 41.7 Å². The summed E-state index contributed by atoms with van der Waals surface area (Å²) in [5.74, 6) is -0.884. The van der Waals surface area contributed by atoms with Gasteiger partial charge in [0, 0.05) is 36.0 Å². The summed E-state index contributed by atoms with van der Waals surface area (Å²) in [5.41, 5.74) is 1.71. The molecule has 17 nitrogen and oxygen atoms in total. The van der Waals surface area contributed by atoms with Gasteiger partial charge in [-0.2, -0.15) is 10.2 Å². The molecule has 0 saturated carbocycles. The van der Waals surface area contributed by atoms with E-state index in [0.717, 1.165) is 0 Å². The van der Waals surface area contributed by atoms with Crippen molar-refractivity contribution in [3.63, 3.8) is 0 Å². The van der Waals surface area contributed by atoms with Crippen LogP contribution in [0.15, 0.2) is 139 Å². The van der Waals surface area contributed by atoms with Gasteiger partial charge in [-0.3, -0.25) is 9.59 Å². The molecule has 0 heterocycles. The third-order valence-corrected chi connectivity index (χ3v) is 9.66. The molecule has 0 aliphatic rings. The maximum atomic E-state index is 13.0. The summed E-state index contributed by atoms with van der Waals surface area (Å²) in [5, 5.41) is 28.6. The van der Waals surface area contributed by atoms with E-state index in [1.807, 2.05) is 0 Å². The predicted molar refractivity (Wildman–Crippen MR) is 206 cm³/mol. The zero-order valence-corrected chi connectivity index (χ0v) is 36.8. The Balaban J connectivity index is 0.00000372. The Morgan fingerprint density at radius 2 is 0.897 bits per heavy atom. The van der Waals surface area contributed by atoms with Crippen LogP contribution >= 0.6 is 0 Å². The molecule has 0 fully saturated rings. The number of carbonyl (C=O) groups excluding carboxylic acids is 3. The molecule has 0 radical (unpaired) electrons. The van der Waals surface area contributed by atoms with E-state index < -0.39 is 47.9 Å². The molecule has 58 heavy (non-hydrogen) atoms. The first kappa shape index (κ1) is 45.8. The van der Waals surface area contributed by atoms with Gasteiger partial charge in [0.25, 0.3) is 0 Å². The Morgan fingerprint density at radius 1 is 0.500 bits per heavy atom. The molecule has 4 N–H and O–H groups in total. The molecule has 0 aliphatic heterocycles. The number of hydrogen-bond donors (Lipinski definition) is 4. The molecule has 0 aromatic heterocycles. The maximum Gasteiger partial charge on any atom is 1.00 e. The molecule has 21 heteroatoms. The quantitative estimate of drug-likeness (QED) is 0.0894. The van der Waals surface area contributed by atoms with Crippen LogP contribution in [0.5, 0.6) is 0 Å². The van der Waals surface area contributed by atoms with Gasteiger partial charge in [-0.05, 0) is 83.6 Å². The van der Waals surface area contributed by atoms with Crippen molar-refractivity contribution in [1.82, 2.24) is 0 Å². The number of carbonyl (C=O) groups is 3. The molecule has 4 amide bonds. The molecule has 0 aliphatic carbocycles. The van der Waals surface area contributed by atoms with Crippen molar-refractivity contribution in [2.75, 3.05) is 21.3 Å².